The number of rotatable bonds is 5. The third-order valence-electron chi connectivity index (χ3n) is 5.85. The normalized spacial score (nSPS) is 17.4. The fourth-order valence-electron chi connectivity index (χ4n) is 4.73. The van der Waals surface area contributed by atoms with Gasteiger partial charge in [0, 0.05) is 35.9 Å². The summed E-state index contributed by atoms with van der Waals surface area (Å²) in [6.07, 6.45) is 5.62. The van der Waals surface area contributed by atoms with E-state index in [1.54, 1.807) is 19.5 Å². The van der Waals surface area contributed by atoms with Crippen LogP contribution in [0.5, 0.6) is 5.88 Å². The quantitative estimate of drug-likeness (QED) is 0.595. The number of halogens is 1. The van der Waals surface area contributed by atoms with Gasteiger partial charge in [0.05, 0.1) is 30.3 Å². The zero-order valence-electron chi connectivity index (χ0n) is 19.5. The average molecular weight is 458 g/mol. The highest BCUT2D eigenvalue weighted by molar-refractivity contribution is 5.85. The molecule has 1 aliphatic rings. The van der Waals surface area contributed by atoms with Gasteiger partial charge in [-0.3, -0.25) is 5.10 Å². The summed E-state index contributed by atoms with van der Waals surface area (Å²) in [4.78, 5) is 6.85. The van der Waals surface area contributed by atoms with Crippen molar-refractivity contribution in [1.82, 2.24) is 30.7 Å². The van der Waals surface area contributed by atoms with Gasteiger partial charge in [-0.15, -0.1) is 22.6 Å². The molecule has 1 aliphatic heterocycles. The van der Waals surface area contributed by atoms with Crippen LogP contribution in [0, 0.1) is 0 Å². The molecule has 2 N–H and O–H groups in total. The van der Waals surface area contributed by atoms with Crippen LogP contribution < -0.4 is 15.0 Å². The van der Waals surface area contributed by atoms with E-state index in [2.05, 4.69) is 70.3 Å². The molecule has 32 heavy (non-hydrogen) atoms. The first-order valence-electron chi connectivity index (χ1n) is 10.6. The largest absolute Gasteiger partial charge is 0.480 e. The van der Waals surface area contributed by atoms with Gasteiger partial charge in [-0.1, -0.05) is 0 Å². The Hall–Kier alpha value is -2.71. The maximum Gasteiger partial charge on any atom is 0.223 e. The molecule has 1 saturated heterocycles. The van der Waals surface area contributed by atoms with Crippen molar-refractivity contribution in [2.24, 2.45) is 0 Å². The van der Waals surface area contributed by atoms with Gasteiger partial charge in [0.15, 0.2) is 5.82 Å². The molecule has 0 aromatic carbocycles. The molecule has 1 fully saturated rings. The summed E-state index contributed by atoms with van der Waals surface area (Å²) < 4.78 is 5.53. The van der Waals surface area contributed by atoms with Gasteiger partial charge >= 0.3 is 0 Å². The number of pyridine rings is 1. The maximum absolute atomic E-state index is 5.53. The molecule has 0 amide bonds. The van der Waals surface area contributed by atoms with Gasteiger partial charge in [-0.2, -0.15) is 5.10 Å². The number of aromatic amines is 1. The van der Waals surface area contributed by atoms with E-state index in [0.717, 1.165) is 41.2 Å². The van der Waals surface area contributed by atoms with Crippen molar-refractivity contribution >= 4 is 18.2 Å². The number of hydrogen-bond donors (Lipinski definition) is 2. The Morgan fingerprint density at radius 1 is 1.00 bits per heavy atom. The number of H-pyrrole nitrogens is 1. The monoisotopic (exact) mass is 457 g/mol. The van der Waals surface area contributed by atoms with Gasteiger partial charge in [0.1, 0.15) is 0 Å². The Morgan fingerprint density at radius 3 is 2.25 bits per heavy atom. The Kier molecular flexibility index (Phi) is 6.76. The van der Waals surface area contributed by atoms with Crippen molar-refractivity contribution in [3.8, 4) is 28.4 Å². The lowest BCUT2D eigenvalue weighted by atomic mass is 9.79. The second-order valence-corrected chi connectivity index (χ2v) is 9.58. The van der Waals surface area contributed by atoms with E-state index in [1.807, 2.05) is 24.3 Å². The van der Waals surface area contributed by atoms with Crippen molar-refractivity contribution in [1.29, 1.82) is 0 Å². The third kappa shape index (κ3) is 5.02. The highest BCUT2D eigenvalue weighted by Gasteiger charge is 2.39. The van der Waals surface area contributed by atoms with E-state index in [0.29, 0.717) is 11.9 Å². The van der Waals surface area contributed by atoms with Gasteiger partial charge in [-0.25, -0.2) is 4.98 Å². The molecule has 0 unspecified atom stereocenters. The summed E-state index contributed by atoms with van der Waals surface area (Å²) >= 11 is 0. The van der Waals surface area contributed by atoms with Crippen LogP contribution in [-0.4, -0.2) is 56.7 Å². The number of hydrogen-bond acceptors (Lipinski definition) is 7. The molecule has 0 atom stereocenters. The minimum atomic E-state index is 0. The number of anilines is 1. The highest BCUT2D eigenvalue weighted by Crippen LogP contribution is 2.34. The van der Waals surface area contributed by atoms with Gasteiger partial charge in [0.2, 0.25) is 5.88 Å². The maximum atomic E-state index is 5.53. The second-order valence-electron chi connectivity index (χ2n) is 9.58. The van der Waals surface area contributed by atoms with E-state index < -0.39 is 0 Å². The number of aromatic nitrogens is 5. The molecule has 0 bridgehead atoms. The Morgan fingerprint density at radius 2 is 1.69 bits per heavy atom. The predicted molar refractivity (Wildman–Crippen MR) is 129 cm³/mol. The van der Waals surface area contributed by atoms with Crippen LogP contribution >= 0.6 is 12.4 Å². The highest BCUT2D eigenvalue weighted by atomic mass is 35.5. The first kappa shape index (κ1) is 23.9. The van der Waals surface area contributed by atoms with Gasteiger partial charge < -0.3 is 15.0 Å². The van der Waals surface area contributed by atoms with Crippen molar-refractivity contribution in [3.05, 3.63) is 36.7 Å². The van der Waals surface area contributed by atoms with Crippen LogP contribution in [0.3, 0.4) is 0 Å². The number of piperidine rings is 1. The smallest absolute Gasteiger partial charge is 0.223 e. The van der Waals surface area contributed by atoms with Gasteiger partial charge in [-0.05, 0) is 64.8 Å². The van der Waals surface area contributed by atoms with E-state index in [-0.39, 0.29) is 23.5 Å². The number of ether oxygens (including phenoxy) is 1. The van der Waals surface area contributed by atoms with Crippen LogP contribution in [-0.2, 0) is 0 Å². The topological polar surface area (TPSA) is 91.9 Å². The summed E-state index contributed by atoms with van der Waals surface area (Å²) in [5, 5.41) is 19.5. The predicted octanol–water partition coefficient (Wildman–Crippen LogP) is 4.10. The Balaban J connectivity index is 0.00000289. The summed E-state index contributed by atoms with van der Waals surface area (Å²) in [5.41, 5.74) is 3.37. The lowest BCUT2D eigenvalue weighted by Gasteiger charge is -2.49. The zero-order valence-corrected chi connectivity index (χ0v) is 20.3. The fraction of sp³-hybridized carbons (Fsp3) is 0.478. The molecule has 3 aromatic rings. The van der Waals surface area contributed by atoms with Gasteiger partial charge in [0.25, 0.3) is 0 Å². The lowest BCUT2D eigenvalue weighted by Crippen LogP contribution is -2.62. The van der Waals surface area contributed by atoms with Crippen molar-refractivity contribution < 1.29 is 4.74 Å². The molecule has 8 nitrogen and oxygen atoms in total. The van der Waals surface area contributed by atoms with E-state index in [4.69, 9.17) is 4.74 Å². The average Bonchev–Trinajstić information content (AvgIpc) is 3.25. The minimum Gasteiger partial charge on any atom is -0.480 e. The van der Waals surface area contributed by atoms with E-state index in [1.165, 1.54) is 0 Å². The molecular weight excluding hydrogens is 426 g/mol. The molecule has 4 heterocycles. The molecule has 0 spiro atoms. The number of methoxy groups -OCH3 is 1. The number of nitrogens with zero attached hydrogens (tertiary/aromatic N) is 5. The van der Waals surface area contributed by atoms with Crippen molar-refractivity contribution in [3.63, 3.8) is 0 Å². The molecular formula is C23H32ClN7O. The summed E-state index contributed by atoms with van der Waals surface area (Å²) in [6.45, 7) is 9.04. The zero-order chi connectivity index (χ0) is 22.2. The molecule has 0 saturated carbocycles. The Bertz CT molecular complexity index is 1020. The van der Waals surface area contributed by atoms with Crippen LogP contribution in [0.25, 0.3) is 22.5 Å². The molecule has 9 heteroatoms. The van der Waals surface area contributed by atoms with Crippen molar-refractivity contribution in [2.45, 2.75) is 57.7 Å². The van der Waals surface area contributed by atoms with Crippen LogP contribution in [0.2, 0.25) is 0 Å². The van der Waals surface area contributed by atoms with E-state index >= 15 is 0 Å². The summed E-state index contributed by atoms with van der Waals surface area (Å²) in [5.74, 6) is 1.38. The molecule has 0 aliphatic carbocycles. The van der Waals surface area contributed by atoms with Crippen molar-refractivity contribution in [2.75, 3.05) is 19.1 Å². The fourth-order valence-corrected chi connectivity index (χ4v) is 4.73. The first-order chi connectivity index (χ1) is 14.7. The van der Waals surface area contributed by atoms with Crippen LogP contribution in [0.4, 0.5) is 5.82 Å². The standard InChI is InChI=1S/C23H31N7O.ClH/c1-22(2)11-16(12-23(3,4)29-22)30(5)20-10-9-19(27-28-20)17-7-8-18(26-21(17)31-6)15-13-24-25-14-15;/h7-10,13-14,16,29H,11-12H2,1-6H3,(H,24,25);1H. The summed E-state index contributed by atoms with van der Waals surface area (Å²) in [6, 6.07) is 8.28. The molecule has 172 valence electrons. The first-order valence-corrected chi connectivity index (χ1v) is 10.6. The van der Waals surface area contributed by atoms with E-state index in [9.17, 15) is 0 Å². The Labute approximate surface area is 195 Å². The molecule has 4 rings (SSSR count). The SMILES string of the molecule is COc1nc(-c2cn[nH]c2)ccc1-c1ccc(N(C)C2CC(C)(C)NC(C)(C)C2)nn1.Cl. The summed E-state index contributed by atoms with van der Waals surface area (Å²) in [7, 11) is 3.72. The lowest BCUT2D eigenvalue weighted by molar-refractivity contribution is 0.160. The molecule has 0 radical (unpaired) electrons. The van der Waals surface area contributed by atoms with Crippen LogP contribution in [0.1, 0.15) is 40.5 Å². The van der Waals surface area contributed by atoms with Crippen LogP contribution in [0.15, 0.2) is 36.7 Å². The second kappa shape index (κ2) is 9.03. The molecule has 3 aromatic heterocycles. The number of nitrogens with one attached hydrogen (secondary N) is 2. The minimum absolute atomic E-state index is 0. The third-order valence-corrected chi connectivity index (χ3v) is 5.85.